The number of hydrogen-bond acceptors (Lipinski definition) is 7. The van der Waals surface area contributed by atoms with Crippen molar-refractivity contribution < 1.29 is 22.6 Å². The van der Waals surface area contributed by atoms with Crippen molar-refractivity contribution in [3.63, 3.8) is 0 Å². The number of methoxy groups -OCH3 is 2. The van der Waals surface area contributed by atoms with Gasteiger partial charge in [0.2, 0.25) is 5.95 Å². The maximum atomic E-state index is 11.9. The second kappa shape index (κ2) is 6.47. The largest absolute Gasteiger partial charge is 0.467 e. The second-order valence-corrected chi connectivity index (χ2v) is 4.01. The van der Waals surface area contributed by atoms with Crippen molar-refractivity contribution in [2.75, 3.05) is 31.8 Å². The minimum absolute atomic E-state index is 0.0211. The predicted octanol–water partition coefficient (Wildman–Crippen LogP) is 1.55. The normalized spacial score (nSPS) is 11.2. The molecule has 1 aromatic heterocycles. The van der Waals surface area contributed by atoms with Gasteiger partial charge in [-0.2, -0.15) is 23.1 Å². The Labute approximate surface area is 105 Å². The number of nitrogens with one attached hydrogen (secondary N) is 1. The van der Waals surface area contributed by atoms with Gasteiger partial charge in [0.1, 0.15) is 0 Å². The van der Waals surface area contributed by atoms with Crippen LogP contribution < -0.4 is 14.8 Å². The summed E-state index contributed by atoms with van der Waals surface area (Å²) in [6.45, 7) is 0.0561. The lowest BCUT2D eigenvalue weighted by atomic mass is 10.7. The van der Waals surface area contributed by atoms with Crippen LogP contribution in [-0.2, 0) is 0 Å². The number of halogens is 3. The van der Waals surface area contributed by atoms with E-state index < -0.39 is 5.51 Å². The third-order valence-electron chi connectivity index (χ3n) is 1.61. The average Bonchev–Trinajstić information content (AvgIpc) is 2.33. The summed E-state index contributed by atoms with van der Waals surface area (Å²) < 4.78 is 45.2. The molecule has 0 fully saturated rings. The topological polar surface area (TPSA) is 69.2 Å². The van der Waals surface area contributed by atoms with Crippen molar-refractivity contribution in [2.24, 2.45) is 0 Å². The first kappa shape index (κ1) is 14.6. The minimum Gasteiger partial charge on any atom is -0.467 e. The lowest BCUT2D eigenvalue weighted by Crippen LogP contribution is -2.12. The van der Waals surface area contributed by atoms with Gasteiger partial charge in [0.15, 0.2) is 0 Å². The molecule has 0 spiro atoms. The van der Waals surface area contributed by atoms with E-state index >= 15 is 0 Å². The maximum absolute atomic E-state index is 11.9. The number of rotatable bonds is 6. The van der Waals surface area contributed by atoms with Crippen LogP contribution in [0.5, 0.6) is 12.0 Å². The standard InChI is InChI=1S/C8H11F3N4O2S/c1-16-6-13-5(14-7(15-6)17-2)12-3-4-18-8(9,10)11/h3-4H2,1-2H3,(H,12,13,14,15). The Bertz CT molecular complexity index is 369. The van der Waals surface area contributed by atoms with Gasteiger partial charge in [-0.3, -0.25) is 0 Å². The van der Waals surface area contributed by atoms with E-state index in [1.165, 1.54) is 14.2 Å². The molecule has 0 aliphatic carbocycles. The molecule has 1 rings (SSSR count). The van der Waals surface area contributed by atoms with Crippen molar-refractivity contribution in [3.8, 4) is 12.0 Å². The van der Waals surface area contributed by atoms with Gasteiger partial charge >= 0.3 is 17.5 Å². The molecule has 0 unspecified atom stereocenters. The highest BCUT2D eigenvalue weighted by Gasteiger charge is 2.27. The Morgan fingerprint density at radius 3 is 2.11 bits per heavy atom. The Kier molecular flexibility index (Phi) is 5.25. The van der Waals surface area contributed by atoms with Crippen molar-refractivity contribution in [3.05, 3.63) is 0 Å². The highest BCUT2D eigenvalue weighted by molar-refractivity contribution is 8.00. The first-order chi connectivity index (χ1) is 8.44. The molecule has 0 atom stereocenters. The number of thioether (sulfide) groups is 1. The summed E-state index contributed by atoms with van der Waals surface area (Å²) in [5.41, 5.74) is -4.24. The van der Waals surface area contributed by atoms with Crippen LogP contribution in [0.25, 0.3) is 0 Å². The summed E-state index contributed by atoms with van der Waals surface area (Å²) in [6.07, 6.45) is 0. The van der Waals surface area contributed by atoms with Crippen molar-refractivity contribution in [1.82, 2.24) is 15.0 Å². The molecule has 0 radical (unpaired) electrons. The highest BCUT2D eigenvalue weighted by Crippen LogP contribution is 2.29. The van der Waals surface area contributed by atoms with Gasteiger partial charge in [-0.05, 0) is 11.8 Å². The summed E-state index contributed by atoms with van der Waals surface area (Å²) in [6, 6.07) is 0.0423. The molecule has 0 saturated carbocycles. The molecule has 0 saturated heterocycles. The van der Waals surface area contributed by atoms with Crippen molar-refractivity contribution in [1.29, 1.82) is 0 Å². The van der Waals surface area contributed by atoms with Crippen LogP contribution in [0.2, 0.25) is 0 Å². The summed E-state index contributed by atoms with van der Waals surface area (Å²) in [7, 11) is 2.72. The zero-order valence-electron chi connectivity index (χ0n) is 9.61. The monoisotopic (exact) mass is 284 g/mol. The van der Waals surface area contributed by atoms with E-state index in [0.29, 0.717) is 0 Å². The summed E-state index contributed by atoms with van der Waals surface area (Å²) >= 11 is -0.123. The van der Waals surface area contributed by atoms with E-state index in [4.69, 9.17) is 9.47 Å². The van der Waals surface area contributed by atoms with Crippen LogP contribution in [0.15, 0.2) is 0 Å². The van der Waals surface area contributed by atoms with Gasteiger partial charge in [0, 0.05) is 12.3 Å². The summed E-state index contributed by atoms with van der Waals surface area (Å²) in [5.74, 6) is -0.0544. The Hall–Kier alpha value is -1.45. The van der Waals surface area contributed by atoms with Gasteiger partial charge < -0.3 is 14.8 Å². The molecule has 10 heteroatoms. The Morgan fingerprint density at radius 2 is 1.67 bits per heavy atom. The fourth-order valence-corrected chi connectivity index (χ4v) is 1.36. The van der Waals surface area contributed by atoms with Crippen LogP contribution in [0.3, 0.4) is 0 Å². The van der Waals surface area contributed by atoms with Gasteiger partial charge in [0.25, 0.3) is 0 Å². The third kappa shape index (κ3) is 5.25. The first-order valence-electron chi connectivity index (χ1n) is 4.73. The molecular weight excluding hydrogens is 273 g/mol. The Morgan fingerprint density at radius 1 is 1.11 bits per heavy atom. The number of nitrogens with zero attached hydrogens (tertiary/aromatic N) is 3. The van der Waals surface area contributed by atoms with E-state index in [-0.39, 0.29) is 42.0 Å². The number of alkyl halides is 3. The second-order valence-electron chi connectivity index (χ2n) is 2.85. The zero-order valence-corrected chi connectivity index (χ0v) is 10.4. The van der Waals surface area contributed by atoms with Crippen LogP contribution >= 0.6 is 11.8 Å². The molecule has 0 bridgehead atoms. The number of hydrogen-bond donors (Lipinski definition) is 1. The zero-order chi connectivity index (χ0) is 13.6. The Balaban J connectivity index is 2.51. The molecule has 0 aliphatic heterocycles. The van der Waals surface area contributed by atoms with Crippen LogP contribution in [0.4, 0.5) is 19.1 Å². The molecule has 1 heterocycles. The molecule has 1 N–H and O–H groups in total. The summed E-state index contributed by atoms with van der Waals surface area (Å²) in [4.78, 5) is 11.4. The van der Waals surface area contributed by atoms with E-state index in [0.717, 1.165) is 0 Å². The molecule has 0 aromatic carbocycles. The highest BCUT2D eigenvalue weighted by atomic mass is 32.2. The molecule has 0 amide bonds. The fourth-order valence-electron chi connectivity index (χ4n) is 0.929. The minimum atomic E-state index is -4.24. The maximum Gasteiger partial charge on any atom is 0.441 e. The van der Waals surface area contributed by atoms with Gasteiger partial charge in [-0.1, -0.05) is 0 Å². The first-order valence-corrected chi connectivity index (χ1v) is 5.72. The number of aromatic nitrogens is 3. The predicted molar refractivity (Wildman–Crippen MR) is 59.9 cm³/mol. The van der Waals surface area contributed by atoms with Crippen LogP contribution in [0, 0.1) is 0 Å². The van der Waals surface area contributed by atoms with E-state index in [9.17, 15) is 13.2 Å². The number of anilines is 1. The van der Waals surface area contributed by atoms with E-state index in [1.54, 1.807) is 0 Å². The summed E-state index contributed by atoms with van der Waals surface area (Å²) in [5, 5.41) is 2.62. The number of ether oxygens (including phenoxy) is 2. The van der Waals surface area contributed by atoms with Crippen LogP contribution in [0.1, 0.15) is 0 Å². The average molecular weight is 284 g/mol. The van der Waals surface area contributed by atoms with Crippen molar-refractivity contribution in [2.45, 2.75) is 5.51 Å². The molecule has 102 valence electrons. The van der Waals surface area contributed by atoms with Crippen LogP contribution in [-0.4, -0.2) is 47.0 Å². The molecule has 1 aromatic rings. The third-order valence-corrected chi connectivity index (χ3v) is 2.35. The SMILES string of the molecule is COc1nc(NCCSC(F)(F)F)nc(OC)n1. The van der Waals surface area contributed by atoms with Gasteiger partial charge in [-0.25, -0.2) is 0 Å². The molecular formula is C8H11F3N4O2S. The fraction of sp³-hybridized carbons (Fsp3) is 0.625. The lowest BCUT2D eigenvalue weighted by molar-refractivity contribution is -0.0327. The molecule has 0 aliphatic rings. The van der Waals surface area contributed by atoms with E-state index in [2.05, 4.69) is 20.3 Å². The van der Waals surface area contributed by atoms with Gasteiger partial charge in [0.05, 0.1) is 14.2 Å². The van der Waals surface area contributed by atoms with E-state index in [1.807, 2.05) is 0 Å². The van der Waals surface area contributed by atoms with Crippen molar-refractivity contribution >= 4 is 17.7 Å². The molecule has 18 heavy (non-hydrogen) atoms. The lowest BCUT2D eigenvalue weighted by Gasteiger charge is -2.08. The quantitative estimate of drug-likeness (QED) is 0.795. The smallest absolute Gasteiger partial charge is 0.441 e. The molecule has 6 nitrogen and oxygen atoms in total. The van der Waals surface area contributed by atoms with Gasteiger partial charge in [-0.15, -0.1) is 4.98 Å².